The molecule has 3 rings (SSSR count). The first kappa shape index (κ1) is 22.6. The molecule has 0 aromatic heterocycles. The van der Waals surface area contributed by atoms with E-state index in [0.29, 0.717) is 43.5 Å². The van der Waals surface area contributed by atoms with E-state index >= 15 is 0 Å². The summed E-state index contributed by atoms with van der Waals surface area (Å²) >= 11 is 0. The number of anilines is 2. The second kappa shape index (κ2) is 11.9. The zero-order valence-corrected chi connectivity index (χ0v) is 17.8. The maximum absolute atomic E-state index is 12.1. The van der Waals surface area contributed by atoms with E-state index in [1.54, 1.807) is 36.4 Å². The summed E-state index contributed by atoms with van der Waals surface area (Å²) in [6.45, 7) is 5.78. The number of ether oxygens (including phenoxy) is 3. The van der Waals surface area contributed by atoms with Crippen molar-refractivity contribution in [2.24, 2.45) is 0 Å². The van der Waals surface area contributed by atoms with E-state index in [1.165, 1.54) is 0 Å². The van der Waals surface area contributed by atoms with Crippen molar-refractivity contribution < 1.29 is 23.8 Å². The Hall–Kier alpha value is -3.10. The molecule has 1 saturated heterocycles. The number of amides is 2. The van der Waals surface area contributed by atoms with Crippen molar-refractivity contribution in [3.8, 4) is 11.5 Å². The molecule has 8 nitrogen and oxygen atoms in total. The van der Waals surface area contributed by atoms with Gasteiger partial charge in [-0.3, -0.25) is 14.5 Å². The molecule has 1 heterocycles. The average molecular weight is 428 g/mol. The van der Waals surface area contributed by atoms with Crippen molar-refractivity contribution >= 4 is 23.2 Å². The van der Waals surface area contributed by atoms with Crippen LogP contribution in [0.1, 0.15) is 13.3 Å². The molecule has 2 aromatic rings. The van der Waals surface area contributed by atoms with Crippen molar-refractivity contribution in [1.29, 1.82) is 0 Å². The number of nitrogens with zero attached hydrogens (tertiary/aromatic N) is 1. The van der Waals surface area contributed by atoms with E-state index in [4.69, 9.17) is 14.2 Å². The molecule has 0 spiro atoms. The van der Waals surface area contributed by atoms with E-state index in [-0.39, 0.29) is 18.4 Å². The normalized spacial score (nSPS) is 14.0. The van der Waals surface area contributed by atoms with Crippen molar-refractivity contribution in [3.63, 3.8) is 0 Å². The summed E-state index contributed by atoms with van der Waals surface area (Å²) in [7, 11) is 0. The van der Waals surface area contributed by atoms with Gasteiger partial charge in [0.2, 0.25) is 5.91 Å². The monoisotopic (exact) mass is 427 g/mol. The summed E-state index contributed by atoms with van der Waals surface area (Å²) < 4.78 is 16.3. The zero-order valence-electron chi connectivity index (χ0n) is 17.8. The second-order valence-electron chi connectivity index (χ2n) is 7.17. The smallest absolute Gasteiger partial charge is 0.262 e. The van der Waals surface area contributed by atoms with Gasteiger partial charge in [-0.25, -0.2) is 0 Å². The number of hydrogen-bond acceptors (Lipinski definition) is 6. The van der Waals surface area contributed by atoms with Crippen LogP contribution in [0.3, 0.4) is 0 Å². The molecule has 0 bridgehead atoms. The lowest BCUT2D eigenvalue weighted by Gasteiger charge is -2.25. The Labute approximate surface area is 182 Å². The predicted molar refractivity (Wildman–Crippen MR) is 119 cm³/mol. The highest BCUT2D eigenvalue weighted by Gasteiger charge is 2.14. The summed E-state index contributed by atoms with van der Waals surface area (Å²) in [5, 5.41) is 5.64. The number of rotatable bonds is 10. The maximum atomic E-state index is 12.1. The molecule has 0 radical (unpaired) electrons. The van der Waals surface area contributed by atoms with E-state index in [2.05, 4.69) is 15.5 Å². The van der Waals surface area contributed by atoms with Gasteiger partial charge in [0.25, 0.3) is 5.91 Å². The molecule has 1 aliphatic rings. The van der Waals surface area contributed by atoms with Gasteiger partial charge in [0.05, 0.1) is 26.4 Å². The predicted octanol–water partition coefficient (Wildman–Crippen LogP) is 2.76. The number of benzene rings is 2. The van der Waals surface area contributed by atoms with Crippen LogP contribution in [0.2, 0.25) is 0 Å². The fourth-order valence-electron chi connectivity index (χ4n) is 3.00. The molecule has 0 aliphatic carbocycles. The van der Waals surface area contributed by atoms with E-state index < -0.39 is 0 Å². The Kier molecular flexibility index (Phi) is 8.69. The highest BCUT2D eigenvalue weighted by atomic mass is 16.5. The highest BCUT2D eigenvalue weighted by Crippen LogP contribution is 2.18. The maximum Gasteiger partial charge on any atom is 0.262 e. The van der Waals surface area contributed by atoms with Gasteiger partial charge >= 0.3 is 0 Å². The van der Waals surface area contributed by atoms with Gasteiger partial charge in [0.1, 0.15) is 11.5 Å². The van der Waals surface area contributed by atoms with Gasteiger partial charge in [-0.15, -0.1) is 0 Å². The summed E-state index contributed by atoms with van der Waals surface area (Å²) in [6.07, 6.45) is 0.945. The molecule has 1 aliphatic heterocycles. The molecule has 8 heteroatoms. The Morgan fingerprint density at radius 1 is 0.871 bits per heavy atom. The summed E-state index contributed by atoms with van der Waals surface area (Å²) in [6, 6.07) is 14.2. The third-order valence-corrected chi connectivity index (χ3v) is 4.59. The largest absolute Gasteiger partial charge is 0.494 e. The number of nitrogens with one attached hydrogen (secondary N) is 2. The van der Waals surface area contributed by atoms with Crippen LogP contribution in [0.15, 0.2) is 48.5 Å². The number of morpholine rings is 1. The van der Waals surface area contributed by atoms with Crippen molar-refractivity contribution in [1.82, 2.24) is 4.90 Å². The first-order valence-corrected chi connectivity index (χ1v) is 10.5. The van der Waals surface area contributed by atoms with Crippen LogP contribution in [0.4, 0.5) is 11.4 Å². The first-order chi connectivity index (χ1) is 15.1. The van der Waals surface area contributed by atoms with E-state index in [9.17, 15) is 9.59 Å². The Morgan fingerprint density at radius 3 is 2.00 bits per heavy atom. The summed E-state index contributed by atoms with van der Waals surface area (Å²) in [5.74, 6) is 1.03. The summed E-state index contributed by atoms with van der Waals surface area (Å²) in [5.41, 5.74) is 1.31. The molecule has 31 heavy (non-hydrogen) atoms. The van der Waals surface area contributed by atoms with Gasteiger partial charge in [0, 0.05) is 24.5 Å². The van der Waals surface area contributed by atoms with E-state index in [0.717, 1.165) is 25.3 Å². The Bertz CT molecular complexity index is 833. The standard InChI is InChI=1S/C23H29N3O5/c1-2-13-30-20-7-9-21(10-8-20)31-17-23(28)25-19-5-3-18(4-6-19)24-22(27)16-26-11-14-29-15-12-26/h3-10H,2,11-17H2,1H3,(H,24,27)(H,25,28). The molecule has 2 N–H and O–H groups in total. The Balaban J connectivity index is 1.39. The molecule has 0 unspecified atom stereocenters. The van der Waals surface area contributed by atoms with Crippen LogP contribution >= 0.6 is 0 Å². The second-order valence-corrected chi connectivity index (χ2v) is 7.17. The minimum Gasteiger partial charge on any atom is -0.494 e. The SMILES string of the molecule is CCCOc1ccc(OCC(=O)Nc2ccc(NC(=O)CN3CCOCC3)cc2)cc1. The van der Waals surface area contributed by atoms with Crippen LogP contribution < -0.4 is 20.1 Å². The van der Waals surface area contributed by atoms with Crippen molar-refractivity contribution in [3.05, 3.63) is 48.5 Å². The lowest BCUT2D eigenvalue weighted by Crippen LogP contribution is -2.41. The molecular formula is C23H29N3O5. The minimum absolute atomic E-state index is 0.0711. The average Bonchev–Trinajstić information content (AvgIpc) is 2.79. The molecule has 1 fully saturated rings. The fourth-order valence-corrected chi connectivity index (χ4v) is 3.00. The number of carbonyl (C=O) groups is 2. The fraction of sp³-hybridized carbons (Fsp3) is 0.391. The van der Waals surface area contributed by atoms with Gasteiger partial charge in [-0.05, 0) is 55.0 Å². The van der Waals surface area contributed by atoms with Crippen LogP contribution in [0, 0.1) is 0 Å². The molecule has 0 saturated carbocycles. The third kappa shape index (κ3) is 7.92. The molecular weight excluding hydrogens is 398 g/mol. The number of carbonyl (C=O) groups excluding carboxylic acids is 2. The molecule has 2 amide bonds. The van der Waals surface area contributed by atoms with Crippen LogP contribution in [0.5, 0.6) is 11.5 Å². The summed E-state index contributed by atoms with van der Waals surface area (Å²) in [4.78, 5) is 26.3. The minimum atomic E-state index is -0.268. The van der Waals surface area contributed by atoms with Crippen LogP contribution in [-0.2, 0) is 14.3 Å². The first-order valence-electron chi connectivity index (χ1n) is 10.5. The quantitative estimate of drug-likeness (QED) is 0.606. The molecule has 0 atom stereocenters. The zero-order chi connectivity index (χ0) is 21.9. The number of hydrogen-bond donors (Lipinski definition) is 2. The topological polar surface area (TPSA) is 89.1 Å². The molecule has 2 aromatic carbocycles. The van der Waals surface area contributed by atoms with Crippen molar-refractivity contribution in [2.45, 2.75) is 13.3 Å². The lowest BCUT2D eigenvalue weighted by atomic mass is 10.2. The van der Waals surface area contributed by atoms with Crippen LogP contribution in [-0.4, -0.2) is 62.8 Å². The van der Waals surface area contributed by atoms with Gasteiger partial charge in [-0.2, -0.15) is 0 Å². The third-order valence-electron chi connectivity index (χ3n) is 4.59. The van der Waals surface area contributed by atoms with Crippen molar-refractivity contribution in [2.75, 3.05) is 56.7 Å². The van der Waals surface area contributed by atoms with Gasteiger partial charge < -0.3 is 24.8 Å². The highest BCUT2D eigenvalue weighted by molar-refractivity contribution is 5.94. The van der Waals surface area contributed by atoms with Gasteiger partial charge in [0.15, 0.2) is 6.61 Å². The van der Waals surface area contributed by atoms with Gasteiger partial charge in [-0.1, -0.05) is 6.92 Å². The van der Waals surface area contributed by atoms with E-state index in [1.807, 2.05) is 19.1 Å². The van der Waals surface area contributed by atoms with Crippen LogP contribution in [0.25, 0.3) is 0 Å². The lowest BCUT2D eigenvalue weighted by molar-refractivity contribution is -0.119. The Morgan fingerprint density at radius 2 is 1.42 bits per heavy atom. The molecule has 166 valence electrons.